The first-order chi connectivity index (χ1) is 16.9. The van der Waals surface area contributed by atoms with E-state index in [1.165, 1.54) is 5.56 Å². The molecule has 1 atom stereocenters. The predicted molar refractivity (Wildman–Crippen MR) is 138 cm³/mol. The number of amides is 1. The van der Waals surface area contributed by atoms with Crippen LogP contribution >= 0.6 is 11.6 Å². The Morgan fingerprint density at radius 1 is 1.23 bits per heavy atom. The van der Waals surface area contributed by atoms with E-state index >= 15 is 0 Å². The van der Waals surface area contributed by atoms with Crippen molar-refractivity contribution in [3.63, 3.8) is 0 Å². The molecule has 0 bridgehead atoms. The van der Waals surface area contributed by atoms with Gasteiger partial charge in [-0.2, -0.15) is 0 Å². The largest absolute Gasteiger partial charge is 0.494 e. The number of fused-ring (bicyclic) bond motifs is 1. The van der Waals surface area contributed by atoms with Crippen molar-refractivity contribution in [3.8, 4) is 17.2 Å². The Kier molecular flexibility index (Phi) is 8.79. The van der Waals surface area contributed by atoms with E-state index in [9.17, 15) is 4.79 Å². The third-order valence-electron chi connectivity index (χ3n) is 6.42. The highest BCUT2D eigenvalue weighted by Crippen LogP contribution is 2.38. The van der Waals surface area contributed by atoms with Gasteiger partial charge in [0.1, 0.15) is 5.75 Å². The lowest BCUT2D eigenvalue weighted by Crippen LogP contribution is -2.39. The van der Waals surface area contributed by atoms with Gasteiger partial charge in [-0.25, -0.2) is 0 Å². The summed E-state index contributed by atoms with van der Waals surface area (Å²) < 4.78 is 17.4. The summed E-state index contributed by atoms with van der Waals surface area (Å²) in [5.74, 6) is 2.77. The molecule has 0 aromatic heterocycles. The lowest BCUT2D eigenvalue weighted by molar-refractivity contribution is -0.136. The van der Waals surface area contributed by atoms with Gasteiger partial charge >= 0.3 is 0 Å². The van der Waals surface area contributed by atoms with Gasteiger partial charge < -0.3 is 19.1 Å². The summed E-state index contributed by atoms with van der Waals surface area (Å²) in [6.07, 6.45) is 1.69. The smallest absolute Gasteiger partial charge is 0.227 e. The Hall–Kier alpha value is -2.44. The number of ether oxygens (including phenoxy) is 3. The van der Waals surface area contributed by atoms with E-state index in [4.69, 9.17) is 25.8 Å². The maximum atomic E-state index is 13.7. The van der Waals surface area contributed by atoms with Crippen LogP contribution in [0.2, 0.25) is 5.02 Å². The molecule has 0 saturated carbocycles. The number of carbonyl (C=O) groups is 1. The zero-order valence-electron chi connectivity index (χ0n) is 21.1. The number of carbonyl (C=O) groups excluding carboxylic acids is 1. The summed E-state index contributed by atoms with van der Waals surface area (Å²) in [4.78, 5) is 18.0. The van der Waals surface area contributed by atoms with Gasteiger partial charge in [-0.15, -0.1) is 0 Å². The summed E-state index contributed by atoms with van der Waals surface area (Å²) in [5.41, 5.74) is 2.14. The van der Waals surface area contributed by atoms with E-state index < -0.39 is 0 Å². The van der Waals surface area contributed by atoms with Crippen LogP contribution in [0.15, 0.2) is 36.4 Å². The molecule has 2 aliphatic rings. The normalized spacial score (nSPS) is 17.9. The van der Waals surface area contributed by atoms with Crippen LogP contribution in [0.5, 0.6) is 17.2 Å². The summed E-state index contributed by atoms with van der Waals surface area (Å²) in [6.45, 7) is 11.8. The fraction of sp³-hybridized carbons (Fsp3) is 0.536. The average molecular weight is 501 g/mol. The number of rotatable bonds is 9. The molecule has 2 heterocycles. The van der Waals surface area contributed by atoms with E-state index in [1.54, 1.807) is 0 Å². The molecular formula is C28H37ClN2O4. The fourth-order valence-corrected chi connectivity index (χ4v) is 5.16. The lowest BCUT2D eigenvalue weighted by Gasteiger charge is -2.28. The molecule has 2 aliphatic heterocycles. The summed E-state index contributed by atoms with van der Waals surface area (Å²) in [6, 6.07) is 12.0. The minimum Gasteiger partial charge on any atom is -0.494 e. The second-order valence-electron chi connectivity index (χ2n) is 9.83. The van der Waals surface area contributed by atoms with E-state index in [0.29, 0.717) is 55.3 Å². The second-order valence-corrected chi connectivity index (χ2v) is 10.2. The van der Waals surface area contributed by atoms with Crippen molar-refractivity contribution in [2.45, 2.75) is 46.7 Å². The molecule has 0 spiro atoms. The first kappa shape index (κ1) is 25.6. The van der Waals surface area contributed by atoms with Gasteiger partial charge in [0.15, 0.2) is 11.5 Å². The van der Waals surface area contributed by atoms with Crippen LogP contribution in [-0.4, -0.2) is 55.2 Å². The highest BCUT2D eigenvalue weighted by molar-refractivity contribution is 6.32. The van der Waals surface area contributed by atoms with Crippen molar-refractivity contribution >= 4 is 17.5 Å². The molecular weight excluding hydrogens is 464 g/mol. The van der Waals surface area contributed by atoms with E-state index in [-0.39, 0.29) is 11.8 Å². The van der Waals surface area contributed by atoms with Crippen LogP contribution in [0, 0.1) is 11.8 Å². The third-order valence-corrected chi connectivity index (χ3v) is 6.70. The van der Waals surface area contributed by atoms with Crippen LogP contribution in [-0.2, 0) is 17.9 Å². The van der Waals surface area contributed by atoms with E-state index in [0.717, 1.165) is 43.8 Å². The highest BCUT2D eigenvalue weighted by Gasteiger charge is 2.32. The SMILES string of the molecule is CCOc1ccccc1CN1CCC(C(=O)N(Cc2cc(Cl)c3c(c2)OCCCO3)CC(C)C)C1. The Balaban J connectivity index is 1.44. The molecule has 6 nitrogen and oxygen atoms in total. The Labute approximate surface area is 214 Å². The lowest BCUT2D eigenvalue weighted by atomic mass is 10.0. The average Bonchev–Trinajstić information content (AvgIpc) is 3.15. The molecule has 7 heteroatoms. The minimum atomic E-state index is -0.0103. The molecule has 1 amide bonds. The standard InChI is InChI=1S/C28H37ClN2O4/c1-4-33-25-9-6-5-8-22(25)18-30-11-10-23(19-30)28(32)31(16-20(2)3)17-21-14-24(29)27-26(15-21)34-12-7-13-35-27/h5-6,8-9,14-15,20,23H,4,7,10-13,16-19H2,1-3H3. The molecule has 190 valence electrons. The van der Waals surface area contributed by atoms with Gasteiger partial charge in [0.25, 0.3) is 0 Å². The van der Waals surface area contributed by atoms with Crippen molar-refractivity contribution in [3.05, 3.63) is 52.5 Å². The second kappa shape index (κ2) is 12.0. The Bertz CT molecular complexity index is 1010. The van der Waals surface area contributed by atoms with Crippen molar-refractivity contribution in [1.82, 2.24) is 9.80 Å². The van der Waals surface area contributed by atoms with Gasteiger partial charge in [-0.05, 0) is 49.6 Å². The number of hydrogen-bond acceptors (Lipinski definition) is 5. The molecule has 4 rings (SSSR count). The van der Waals surface area contributed by atoms with Crippen LogP contribution in [0.4, 0.5) is 0 Å². The number of halogens is 1. The molecule has 1 unspecified atom stereocenters. The first-order valence-corrected chi connectivity index (χ1v) is 13.1. The van der Waals surface area contributed by atoms with Crippen LogP contribution in [0.25, 0.3) is 0 Å². The van der Waals surface area contributed by atoms with Crippen molar-refractivity contribution in [1.29, 1.82) is 0 Å². The van der Waals surface area contributed by atoms with Gasteiger partial charge in [-0.1, -0.05) is 43.6 Å². The van der Waals surface area contributed by atoms with Crippen LogP contribution in [0.1, 0.15) is 44.7 Å². The van der Waals surface area contributed by atoms with Crippen LogP contribution < -0.4 is 14.2 Å². The molecule has 2 aromatic rings. The van der Waals surface area contributed by atoms with Gasteiger partial charge in [0.05, 0.1) is 30.8 Å². The number of hydrogen-bond donors (Lipinski definition) is 0. The minimum absolute atomic E-state index is 0.0103. The number of likely N-dealkylation sites (tertiary alicyclic amines) is 1. The van der Waals surface area contributed by atoms with Gasteiger partial charge in [-0.3, -0.25) is 9.69 Å². The molecule has 2 aromatic carbocycles. The monoisotopic (exact) mass is 500 g/mol. The van der Waals surface area contributed by atoms with Gasteiger partial charge in [0, 0.05) is 38.2 Å². The Morgan fingerprint density at radius 3 is 2.83 bits per heavy atom. The molecule has 1 saturated heterocycles. The van der Waals surface area contributed by atoms with Crippen LogP contribution in [0.3, 0.4) is 0 Å². The zero-order chi connectivity index (χ0) is 24.8. The number of nitrogens with zero attached hydrogens (tertiary/aromatic N) is 2. The molecule has 35 heavy (non-hydrogen) atoms. The van der Waals surface area contributed by atoms with Crippen molar-refractivity contribution in [2.24, 2.45) is 11.8 Å². The topological polar surface area (TPSA) is 51.2 Å². The summed E-state index contributed by atoms with van der Waals surface area (Å²) in [5, 5.41) is 0.538. The summed E-state index contributed by atoms with van der Waals surface area (Å²) >= 11 is 6.52. The Morgan fingerprint density at radius 2 is 2.03 bits per heavy atom. The number of benzene rings is 2. The van der Waals surface area contributed by atoms with E-state index in [2.05, 4.69) is 24.8 Å². The zero-order valence-corrected chi connectivity index (χ0v) is 21.9. The predicted octanol–water partition coefficient (Wildman–Crippen LogP) is 5.41. The summed E-state index contributed by atoms with van der Waals surface area (Å²) in [7, 11) is 0. The molecule has 0 radical (unpaired) electrons. The fourth-order valence-electron chi connectivity index (χ4n) is 4.88. The van der Waals surface area contributed by atoms with Crippen molar-refractivity contribution in [2.75, 3.05) is 39.5 Å². The quantitative estimate of drug-likeness (QED) is 0.461. The maximum Gasteiger partial charge on any atom is 0.227 e. The molecule has 1 fully saturated rings. The van der Waals surface area contributed by atoms with Crippen molar-refractivity contribution < 1.29 is 19.0 Å². The maximum absolute atomic E-state index is 13.7. The first-order valence-electron chi connectivity index (χ1n) is 12.7. The third kappa shape index (κ3) is 6.62. The molecule has 0 N–H and O–H groups in total. The highest BCUT2D eigenvalue weighted by atomic mass is 35.5. The molecule has 0 aliphatic carbocycles. The number of para-hydroxylation sites is 1. The van der Waals surface area contributed by atoms with Gasteiger partial charge in [0.2, 0.25) is 5.91 Å². The van der Waals surface area contributed by atoms with E-state index in [1.807, 2.05) is 42.2 Å².